The summed E-state index contributed by atoms with van der Waals surface area (Å²) in [6, 6.07) is 7.67. The standard InChI is InChI=1S/C15H23N3O2/c1-18(11-15(19)5-7-20-8-6-15)10-12-3-2-4-13(9-12)14(16)17/h2-4,9,19H,5-8,10-11H2,1H3,(H3,16,17). The highest BCUT2D eigenvalue weighted by Crippen LogP contribution is 2.22. The van der Waals surface area contributed by atoms with E-state index in [1.54, 1.807) is 0 Å². The maximum atomic E-state index is 10.5. The molecule has 0 amide bonds. The van der Waals surface area contributed by atoms with Crippen LogP contribution in [0.5, 0.6) is 0 Å². The van der Waals surface area contributed by atoms with E-state index in [0.29, 0.717) is 32.6 Å². The smallest absolute Gasteiger partial charge is 0.122 e. The molecule has 5 heteroatoms. The van der Waals surface area contributed by atoms with E-state index in [4.69, 9.17) is 15.9 Å². The summed E-state index contributed by atoms with van der Waals surface area (Å²) in [5.41, 5.74) is 6.68. The van der Waals surface area contributed by atoms with E-state index in [1.807, 2.05) is 31.3 Å². The number of hydrogen-bond acceptors (Lipinski definition) is 4. The summed E-state index contributed by atoms with van der Waals surface area (Å²) in [5.74, 6) is 0.0811. The Morgan fingerprint density at radius 3 is 2.80 bits per heavy atom. The van der Waals surface area contributed by atoms with Crippen LogP contribution in [-0.4, -0.2) is 48.2 Å². The molecule has 1 aliphatic heterocycles. The average Bonchev–Trinajstić information content (AvgIpc) is 2.39. The molecule has 0 aromatic heterocycles. The second-order valence-corrected chi connectivity index (χ2v) is 5.62. The average molecular weight is 277 g/mol. The van der Waals surface area contributed by atoms with Crippen molar-refractivity contribution in [3.8, 4) is 0 Å². The number of amidine groups is 1. The molecule has 0 unspecified atom stereocenters. The lowest BCUT2D eigenvalue weighted by Gasteiger charge is -2.35. The van der Waals surface area contributed by atoms with Gasteiger partial charge in [-0.15, -0.1) is 0 Å². The molecule has 0 atom stereocenters. The van der Waals surface area contributed by atoms with Gasteiger partial charge in [0.05, 0.1) is 5.60 Å². The zero-order valence-electron chi connectivity index (χ0n) is 11.9. The Labute approximate surface area is 119 Å². The molecule has 0 aliphatic carbocycles. The van der Waals surface area contributed by atoms with Gasteiger partial charge in [0.15, 0.2) is 0 Å². The Kier molecular flexibility index (Phi) is 4.75. The fourth-order valence-electron chi connectivity index (χ4n) is 2.62. The zero-order chi connectivity index (χ0) is 14.6. The first-order valence-electron chi connectivity index (χ1n) is 6.90. The molecule has 1 heterocycles. The first-order valence-corrected chi connectivity index (χ1v) is 6.90. The SMILES string of the molecule is CN(Cc1cccc(C(=N)N)c1)CC1(O)CCOCC1. The number of nitrogens with two attached hydrogens (primary N) is 1. The zero-order valence-corrected chi connectivity index (χ0v) is 11.9. The Balaban J connectivity index is 1.95. The van der Waals surface area contributed by atoms with Crippen LogP contribution in [0, 0.1) is 5.41 Å². The molecule has 4 N–H and O–H groups in total. The van der Waals surface area contributed by atoms with Gasteiger partial charge >= 0.3 is 0 Å². The van der Waals surface area contributed by atoms with E-state index in [1.165, 1.54) is 0 Å². The van der Waals surface area contributed by atoms with Gasteiger partial charge < -0.3 is 15.6 Å². The van der Waals surface area contributed by atoms with E-state index in [0.717, 1.165) is 17.7 Å². The van der Waals surface area contributed by atoms with Crippen LogP contribution in [0.1, 0.15) is 24.0 Å². The Morgan fingerprint density at radius 2 is 2.15 bits per heavy atom. The monoisotopic (exact) mass is 277 g/mol. The van der Waals surface area contributed by atoms with Crippen LogP contribution in [0.2, 0.25) is 0 Å². The summed E-state index contributed by atoms with van der Waals surface area (Å²) in [6.45, 7) is 2.61. The number of hydrogen-bond donors (Lipinski definition) is 3. The third-order valence-electron chi connectivity index (χ3n) is 3.68. The van der Waals surface area contributed by atoms with Crippen molar-refractivity contribution in [3.05, 3.63) is 35.4 Å². The highest BCUT2D eigenvalue weighted by molar-refractivity contribution is 5.95. The van der Waals surface area contributed by atoms with Gasteiger partial charge in [-0.05, 0) is 18.7 Å². The van der Waals surface area contributed by atoms with Crippen LogP contribution in [0.3, 0.4) is 0 Å². The molecule has 0 spiro atoms. The van der Waals surface area contributed by atoms with Crippen molar-refractivity contribution in [1.29, 1.82) is 5.41 Å². The first-order chi connectivity index (χ1) is 9.48. The van der Waals surface area contributed by atoms with Crippen LogP contribution in [0.25, 0.3) is 0 Å². The molecule has 1 aromatic carbocycles. The van der Waals surface area contributed by atoms with Crippen molar-refractivity contribution >= 4 is 5.84 Å². The lowest BCUT2D eigenvalue weighted by atomic mass is 9.94. The van der Waals surface area contributed by atoms with Gasteiger partial charge in [-0.2, -0.15) is 0 Å². The van der Waals surface area contributed by atoms with E-state index in [9.17, 15) is 5.11 Å². The molecule has 2 rings (SSSR count). The molecule has 1 aliphatic rings. The Hall–Kier alpha value is -1.43. The lowest BCUT2D eigenvalue weighted by Crippen LogP contribution is -2.45. The molecular weight excluding hydrogens is 254 g/mol. The second kappa shape index (κ2) is 6.35. The van der Waals surface area contributed by atoms with Crippen LogP contribution in [0.15, 0.2) is 24.3 Å². The van der Waals surface area contributed by atoms with Gasteiger partial charge in [0.2, 0.25) is 0 Å². The van der Waals surface area contributed by atoms with Gasteiger partial charge in [-0.1, -0.05) is 18.2 Å². The van der Waals surface area contributed by atoms with Gasteiger partial charge in [-0.25, -0.2) is 0 Å². The second-order valence-electron chi connectivity index (χ2n) is 5.62. The highest BCUT2D eigenvalue weighted by Gasteiger charge is 2.30. The molecule has 0 bridgehead atoms. The first kappa shape index (κ1) is 15.0. The van der Waals surface area contributed by atoms with Gasteiger partial charge in [-0.3, -0.25) is 10.3 Å². The van der Waals surface area contributed by atoms with Crippen molar-refractivity contribution in [2.75, 3.05) is 26.8 Å². The molecule has 0 saturated carbocycles. The number of likely N-dealkylation sites (N-methyl/N-ethyl adjacent to an activating group) is 1. The maximum absolute atomic E-state index is 10.5. The van der Waals surface area contributed by atoms with Gasteiger partial charge in [0.25, 0.3) is 0 Å². The summed E-state index contributed by atoms with van der Waals surface area (Å²) in [5, 5.41) is 17.9. The van der Waals surface area contributed by atoms with E-state index < -0.39 is 5.60 Å². The summed E-state index contributed by atoms with van der Waals surface area (Å²) >= 11 is 0. The van der Waals surface area contributed by atoms with E-state index in [-0.39, 0.29) is 5.84 Å². The molecular formula is C15H23N3O2. The van der Waals surface area contributed by atoms with Crippen molar-refractivity contribution in [3.63, 3.8) is 0 Å². The fourth-order valence-corrected chi connectivity index (χ4v) is 2.62. The van der Waals surface area contributed by atoms with E-state index in [2.05, 4.69) is 4.90 Å². The summed E-state index contributed by atoms with van der Waals surface area (Å²) in [7, 11) is 1.99. The minimum absolute atomic E-state index is 0.0811. The summed E-state index contributed by atoms with van der Waals surface area (Å²) in [6.07, 6.45) is 1.37. The predicted octanol–water partition coefficient (Wildman–Crippen LogP) is 0.944. The third-order valence-corrected chi connectivity index (χ3v) is 3.68. The van der Waals surface area contributed by atoms with Crippen LogP contribution in [0.4, 0.5) is 0 Å². The summed E-state index contributed by atoms with van der Waals surface area (Å²) in [4.78, 5) is 2.10. The lowest BCUT2D eigenvalue weighted by molar-refractivity contribution is -0.0777. The van der Waals surface area contributed by atoms with E-state index >= 15 is 0 Å². The van der Waals surface area contributed by atoms with Crippen LogP contribution >= 0.6 is 0 Å². The van der Waals surface area contributed by atoms with Crippen molar-refractivity contribution in [2.24, 2.45) is 5.73 Å². The van der Waals surface area contributed by atoms with Crippen molar-refractivity contribution < 1.29 is 9.84 Å². The predicted molar refractivity (Wildman–Crippen MR) is 78.8 cm³/mol. The molecule has 1 fully saturated rings. The number of benzene rings is 1. The number of rotatable bonds is 5. The molecule has 1 aromatic rings. The fraction of sp³-hybridized carbons (Fsp3) is 0.533. The summed E-state index contributed by atoms with van der Waals surface area (Å²) < 4.78 is 5.29. The normalized spacial score (nSPS) is 18.1. The molecule has 0 radical (unpaired) electrons. The van der Waals surface area contributed by atoms with Crippen molar-refractivity contribution in [2.45, 2.75) is 25.0 Å². The number of ether oxygens (including phenoxy) is 1. The minimum atomic E-state index is -0.648. The molecule has 5 nitrogen and oxygen atoms in total. The number of nitrogens with one attached hydrogen (secondary N) is 1. The molecule has 1 saturated heterocycles. The van der Waals surface area contributed by atoms with Crippen LogP contribution in [-0.2, 0) is 11.3 Å². The highest BCUT2D eigenvalue weighted by atomic mass is 16.5. The number of aliphatic hydroxyl groups is 1. The maximum Gasteiger partial charge on any atom is 0.122 e. The Bertz CT molecular complexity index is 470. The van der Waals surface area contributed by atoms with Gasteiger partial charge in [0.1, 0.15) is 5.84 Å². The van der Waals surface area contributed by atoms with Gasteiger partial charge in [0, 0.05) is 44.7 Å². The quantitative estimate of drug-likeness (QED) is 0.552. The largest absolute Gasteiger partial charge is 0.388 e. The number of nitrogens with zero attached hydrogens (tertiary/aromatic N) is 1. The molecule has 20 heavy (non-hydrogen) atoms. The topological polar surface area (TPSA) is 82.6 Å². The van der Waals surface area contributed by atoms with Crippen molar-refractivity contribution in [1.82, 2.24) is 4.90 Å². The third kappa shape index (κ3) is 4.03. The minimum Gasteiger partial charge on any atom is -0.388 e. The molecule has 110 valence electrons. The van der Waals surface area contributed by atoms with Crippen LogP contribution < -0.4 is 5.73 Å². The Morgan fingerprint density at radius 1 is 1.45 bits per heavy atom. The number of nitrogen functional groups attached to an aromatic ring is 1.